The first-order valence-electron chi connectivity index (χ1n) is 10.4. The maximum absolute atomic E-state index is 13.4. The molecule has 1 fully saturated rings. The number of fused-ring (bicyclic) bond motifs is 1. The highest BCUT2D eigenvalue weighted by Crippen LogP contribution is 2.39. The molecule has 0 aliphatic carbocycles. The number of aromatic nitrogens is 2. The van der Waals surface area contributed by atoms with Gasteiger partial charge in [-0.2, -0.15) is 18.3 Å². The molecule has 2 aliphatic rings. The van der Waals surface area contributed by atoms with Gasteiger partial charge in [0.1, 0.15) is 0 Å². The number of nitrogens with zero attached hydrogens (tertiary/aromatic N) is 4. The first kappa shape index (κ1) is 22.3. The van der Waals surface area contributed by atoms with Crippen LogP contribution >= 0.6 is 0 Å². The van der Waals surface area contributed by atoms with Crippen molar-refractivity contribution in [1.82, 2.24) is 14.7 Å². The number of halogens is 3. The smallest absolute Gasteiger partial charge is 0.418 e. The second kappa shape index (κ2) is 8.53. The molecule has 1 saturated heterocycles. The highest BCUT2D eigenvalue weighted by atomic mass is 19.4. The van der Waals surface area contributed by atoms with Crippen molar-refractivity contribution >= 4 is 23.3 Å². The van der Waals surface area contributed by atoms with Crippen molar-refractivity contribution in [3.8, 4) is 0 Å². The van der Waals surface area contributed by atoms with Gasteiger partial charge in [-0.1, -0.05) is 0 Å². The molecule has 1 aromatic heterocycles. The number of carbonyl (C=O) groups is 1. The van der Waals surface area contributed by atoms with E-state index in [9.17, 15) is 18.0 Å². The summed E-state index contributed by atoms with van der Waals surface area (Å²) in [5.41, 5.74) is 6.44. The number of hydrogen-bond donors (Lipinski definition) is 1. The van der Waals surface area contributed by atoms with Gasteiger partial charge >= 0.3 is 12.3 Å². The molecule has 1 amide bonds. The van der Waals surface area contributed by atoms with Gasteiger partial charge in [-0.05, 0) is 31.0 Å². The highest BCUT2D eigenvalue weighted by Gasteiger charge is 2.35. The van der Waals surface area contributed by atoms with Crippen LogP contribution in [0.1, 0.15) is 35.7 Å². The number of methoxy groups -OCH3 is 1. The summed E-state index contributed by atoms with van der Waals surface area (Å²) < 4.78 is 52.5. The Labute approximate surface area is 183 Å². The summed E-state index contributed by atoms with van der Waals surface area (Å²) in [6.45, 7) is 2.02. The summed E-state index contributed by atoms with van der Waals surface area (Å²) >= 11 is 0. The number of benzene rings is 1. The summed E-state index contributed by atoms with van der Waals surface area (Å²) in [6.07, 6.45) is -2.83. The monoisotopic (exact) mass is 453 g/mol. The van der Waals surface area contributed by atoms with E-state index in [0.717, 1.165) is 30.2 Å². The second-order valence-corrected chi connectivity index (χ2v) is 8.01. The molecule has 0 saturated carbocycles. The average Bonchev–Trinajstić information content (AvgIpc) is 3.17. The summed E-state index contributed by atoms with van der Waals surface area (Å²) in [5.74, 6) is 0.512. The summed E-state index contributed by atoms with van der Waals surface area (Å²) in [6, 6.07) is 3.94. The van der Waals surface area contributed by atoms with Crippen molar-refractivity contribution < 1.29 is 27.4 Å². The third-order valence-electron chi connectivity index (χ3n) is 6.08. The van der Waals surface area contributed by atoms with Gasteiger partial charge in [0.2, 0.25) is 0 Å². The van der Waals surface area contributed by atoms with E-state index in [-0.39, 0.29) is 18.3 Å². The van der Waals surface area contributed by atoms with Crippen molar-refractivity contribution in [1.29, 1.82) is 0 Å². The van der Waals surface area contributed by atoms with Crippen molar-refractivity contribution in [3.63, 3.8) is 0 Å². The first-order valence-corrected chi connectivity index (χ1v) is 10.4. The van der Waals surface area contributed by atoms with Crippen LogP contribution in [0.5, 0.6) is 0 Å². The van der Waals surface area contributed by atoms with Crippen LogP contribution in [-0.4, -0.2) is 54.7 Å². The number of alkyl halides is 3. The van der Waals surface area contributed by atoms with Gasteiger partial charge in [0.15, 0.2) is 5.82 Å². The van der Waals surface area contributed by atoms with Gasteiger partial charge in [-0.25, -0.2) is 4.79 Å². The predicted molar refractivity (Wildman–Crippen MR) is 112 cm³/mol. The van der Waals surface area contributed by atoms with Crippen LogP contribution in [0.25, 0.3) is 0 Å². The number of anilines is 3. The third-order valence-corrected chi connectivity index (χ3v) is 6.08. The molecule has 0 bridgehead atoms. The fourth-order valence-corrected chi connectivity index (χ4v) is 4.34. The van der Waals surface area contributed by atoms with E-state index in [1.807, 2.05) is 4.68 Å². The number of amides is 1. The van der Waals surface area contributed by atoms with E-state index in [4.69, 9.17) is 20.3 Å². The van der Waals surface area contributed by atoms with Gasteiger partial charge in [0, 0.05) is 55.9 Å². The van der Waals surface area contributed by atoms with Gasteiger partial charge in [0.05, 0.1) is 25.3 Å². The molecule has 2 aliphatic heterocycles. The first-order chi connectivity index (χ1) is 15.2. The Balaban J connectivity index is 1.76. The Hall–Kier alpha value is -2.95. The molecule has 2 aromatic rings. The lowest BCUT2D eigenvalue weighted by Crippen LogP contribution is -2.37. The van der Waals surface area contributed by atoms with Crippen LogP contribution in [0.3, 0.4) is 0 Å². The minimum Gasteiger partial charge on any atom is -0.453 e. The topological polar surface area (TPSA) is 85.9 Å². The summed E-state index contributed by atoms with van der Waals surface area (Å²) in [5, 5.41) is 4.82. The fourth-order valence-electron chi connectivity index (χ4n) is 4.34. The van der Waals surface area contributed by atoms with Crippen molar-refractivity contribution in [3.05, 3.63) is 35.0 Å². The second-order valence-electron chi connectivity index (χ2n) is 8.01. The van der Waals surface area contributed by atoms with Crippen LogP contribution in [0.15, 0.2) is 18.2 Å². The number of ether oxygens (including phenoxy) is 2. The quantitative estimate of drug-likeness (QED) is 0.713. The zero-order valence-corrected chi connectivity index (χ0v) is 18.0. The maximum Gasteiger partial charge on any atom is 0.418 e. The molecule has 4 rings (SSSR count). The normalized spacial score (nSPS) is 17.2. The Bertz CT molecular complexity index is 1000. The predicted octanol–water partition coefficient (Wildman–Crippen LogP) is 3.73. The minimum atomic E-state index is -4.57. The molecule has 0 atom stereocenters. The van der Waals surface area contributed by atoms with Crippen molar-refractivity contribution in [2.75, 3.05) is 44.5 Å². The average molecular weight is 453 g/mol. The molecule has 3 heterocycles. The van der Waals surface area contributed by atoms with Crippen LogP contribution in [-0.2, 0) is 28.6 Å². The van der Waals surface area contributed by atoms with Crippen molar-refractivity contribution in [2.24, 2.45) is 0 Å². The SMILES string of the molecule is COC(=O)N1CCc2c(c(N(C)c3ccc(N)c(C(F)(F)F)c3)nn2C2CCOCC2)C1. The molecule has 0 spiro atoms. The van der Waals surface area contributed by atoms with Crippen molar-refractivity contribution in [2.45, 2.75) is 38.0 Å². The Morgan fingerprint density at radius 2 is 2.03 bits per heavy atom. The molecular weight excluding hydrogens is 427 g/mol. The molecule has 0 unspecified atom stereocenters. The number of nitrogens with two attached hydrogens (primary N) is 1. The number of carbonyl (C=O) groups excluding carboxylic acids is 1. The van der Waals surface area contributed by atoms with E-state index in [1.165, 1.54) is 19.2 Å². The highest BCUT2D eigenvalue weighted by molar-refractivity contribution is 5.71. The lowest BCUT2D eigenvalue weighted by Gasteiger charge is -2.29. The van der Waals surface area contributed by atoms with Gasteiger partial charge < -0.3 is 25.0 Å². The maximum atomic E-state index is 13.4. The summed E-state index contributed by atoms with van der Waals surface area (Å²) in [7, 11) is 2.99. The van der Waals surface area contributed by atoms with Crippen LogP contribution in [0, 0.1) is 0 Å². The largest absolute Gasteiger partial charge is 0.453 e. The molecule has 1 aromatic carbocycles. The number of hydrogen-bond acceptors (Lipinski definition) is 6. The van der Waals surface area contributed by atoms with E-state index >= 15 is 0 Å². The third kappa shape index (κ3) is 4.08. The zero-order valence-electron chi connectivity index (χ0n) is 18.0. The van der Waals surface area contributed by atoms with Crippen LogP contribution in [0.2, 0.25) is 0 Å². The Kier molecular flexibility index (Phi) is 5.93. The lowest BCUT2D eigenvalue weighted by atomic mass is 10.0. The molecule has 11 heteroatoms. The van der Waals surface area contributed by atoms with E-state index in [1.54, 1.807) is 16.8 Å². The lowest BCUT2D eigenvalue weighted by molar-refractivity contribution is -0.136. The van der Waals surface area contributed by atoms with E-state index < -0.39 is 17.8 Å². The number of nitrogen functional groups attached to an aromatic ring is 1. The fraction of sp³-hybridized carbons (Fsp3) is 0.524. The summed E-state index contributed by atoms with van der Waals surface area (Å²) in [4.78, 5) is 15.3. The van der Waals surface area contributed by atoms with Gasteiger partial charge in [-0.3, -0.25) is 4.68 Å². The molecule has 174 valence electrons. The Morgan fingerprint density at radius 3 is 2.69 bits per heavy atom. The molecule has 8 nitrogen and oxygen atoms in total. The van der Waals surface area contributed by atoms with Crippen LogP contribution < -0.4 is 10.6 Å². The van der Waals surface area contributed by atoms with Gasteiger partial charge in [0.25, 0.3) is 0 Å². The number of rotatable bonds is 3. The molecule has 32 heavy (non-hydrogen) atoms. The van der Waals surface area contributed by atoms with Crippen LogP contribution in [0.4, 0.5) is 35.2 Å². The molecule has 0 radical (unpaired) electrons. The molecule has 2 N–H and O–H groups in total. The van der Waals surface area contributed by atoms with E-state index in [0.29, 0.717) is 37.7 Å². The zero-order chi connectivity index (χ0) is 23.0. The van der Waals surface area contributed by atoms with E-state index in [2.05, 4.69) is 0 Å². The molecular formula is C21H26F3N5O3. The van der Waals surface area contributed by atoms with Gasteiger partial charge in [-0.15, -0.1) is 0 Å². The Morgan fingerprint density at radius 1 is 1.31 bits per heavy atom. The standard InChI is InChI=1S/C21H26F3N5O3/c1-27(14-3-4-17(25)16(11-14)21(22,23)24)19-15-12-28(20(30)31-2)8-5-18(15)29(26-19)13-6-9-32-10-7-13/h3-4,11,13H,5-10,12,25H2,1-2H3. The minimum absolute atomic E-state index is 0.140.